The van der Waals surface area contributed by atoms with E-state index >= 15 is 0 Å². The largest absolute Gasteiger partial charge is 0.488 e. The van der Waals surface area contributed by atoms with Crippen molar-refractivity contribution < 1.29 is 19.7 Å². The molecule has 0 saturated carbocycles. The van der Waals surface area contributed by atoms with Gasteiger partial charge in [0.1, 0.15) is 12.4 Å². The van der Waals surface area contributed by atoms with Crippen LogP contribution in [-0.4, -0.2) is 30.0 Å². The summed E-state index contributed by atoms with van der Waals surface area (Å²) in [4.78, 5) is 0. The smallest absolute Gasteiger partial charge is 0.130 e. The second-order valence-electron chi connectivity index (χ2n) is 8.25. The van der Waals surface area contributed by atoms with Gasteiger partial charge in [0.25, 0.3) is 0 Å². The second-order valence-corrected chi connectivity index (χ2v) is 8.25. The number of hydrogen-bond donors (Lipinski definition) is 3. The quantitative estimate of drug-likeness (QED) is 0.239. The fraction of sp³-hybridized carbons (Fsp3) is 0.500. The van der Waals surface area contributed by atoms with E-state index in [2.05, 4.69) is 30.3 Å². The molecule has 2 aromatic rings. The summed E-state index contributed by atoms with van der Waals surface area (Å²) in [6.07, 6.45) is 13.2. The molecule has 0 bridgehead atoms. The lowest BCUT2D eigenvalue weighted by atomic mass is 10.0. The van der Waals surface area contributed by atoms with E-state index in [-0.39, 0.29) is 13.2 Å². The molecule has 0 aliphatic carbocycles. The Labute approximate surface area is 199 Å². The van der Waals surface area contributed by atoms with Crippen molar-refractivity contribution >= 4 is 0 Å². The van der Waals surface area contributed by atoms with Crippen LogP contribution >= 0.6 is 0 Å². The molecule has 5 nitrogen and oxygen atoms in total. The molecule has 0 unspecified atom stereocenters. The van der Waals surface area contributed by atoms with Crippen LogP contribution in [0.5, 0.6) is 5.75 Å². The summed E-state index contributed by atoms with van der Waals surface area (Å²) in [6, 6.07) is 11.6. The molecule has 5 heteroatoms. The van der Waals surface area contributed by atoms with Crippen LogP contribution in [-0.2, 0) is 31.1 Å². The van der Waals surface area contributed by atoms with Gasteiger partial charge in [-0.3, -0.25) is 0 Å². The van der Waals surface area contributed by atoms with Crippen LogP contribution in [0.25, 0.3) is 0 Å². The highest BCUT2D eigenvalue weighted by Crippen LogP contribution is 2.27. The van der Waals surface area contributed by atoms with Crippen molar-refractivity contribution in [2.24, 2.45) is 0 Å². The molecule has 0 radical (unpaired) electrons. The van der Waals surface area contributed by atoms with E-state index < -0.39 is 0 Å². The summed E-state index contributed by atoms with van der Waals surface area (Å²) in [7, 11) is 0. The third-order valence-electron chi connectivity index (χ3n) is 5.55. The van der Waals surface area contributed by atoms with Gasteiger partial charge in [-0.25, -0.2) is 0 Å². The van der Waals surface area contributed by atoms with Gasteiger partial charge < -0.3 is 25.0 Å². The molecular formula is C28H39NO4. The van der Waals surface area contributed by atoms with Crippen molar-refractivity contribution in [3.63, 3.8) is 0 Å². The Balaban J connectivity index is 1.68. The maximum atomic E-state index is 9.65. The third kappa shape index (κ3) is 9.98. The SMILES string of the molecule is C#Cc1cc(CO)c(OCc2ccc(CNCCOCCCCCCCC)cc2)c(CO)c1. The molecule has 180 valence electrons. The average molecular weight is 454 g/mol. The third-order valence-corrected chi connectivity index (χ3v) is 5.55. The summed E-state index contributed by atoms with van der Waals surface area (Å²) in [6.45, 7) is 5.39. The Hall–Kier alpha value is -2.36. The van der Waals surface area contributed by atoms with Gasteiger partial charge in [-0.15, -0.1) is 6.42 Å². The van der Waals surface area contributed by atoms with Crippen molar-refractivity contribution in [1.82, 2.24) is 5.32 Å². The molecule has 0 heterocycles. The minimum Gasteiger partial charge on any atom is -0.488 e. The number of rotatable bonds is 17. The molecule has 2 rings (SSSR count). The molecule has 2 aromatic carbocycles. The molecule has 0 fully saturated rings. The summed E-state index contributed by atoms with van der Waals surface area (Å²) >= 11 is 0. The Morgan fingerprint density at radius 2 is 1.52 bits per heavy atom. The monoisotopic (exact) mass is 453 g/mol. The standard InChI is InChI=1S/C28H39NO4/c1-3-5-6-7-8-9-15-32-16-14-29-19-24-10-12-25(13-11-24)22-33-28-26(20-30)17-23(4-2)18-27(28)21-31/h2,10-13,17-18,29-31H,3,5-9,14-16,19-22H2,1H3. The molecule has 3 N–H and O–H groups in total. The number of nitrogens with one attached hydrogen (secondary N) is 1. The normalized spacial score (nSPS) is 10.8. The van der Waals surface area contributed by atoms with Crippen LogP contribution in [0.2, 0.25) is 0 Å². The summed E-state index contributed by atoms with van der Waals surface area (Å²) in [5, 5.41) is 22.7. The van der Waals surface area contributed by atoms with Gasteiger partial charge in [-0.1, -0.05) is 69.2 Å². The molecule has 0 aliphatic heterocycles. The van der Waals surface area contributed by atoms with E-state index in [0.717, 1.165) is 38.3 Å². The molecule has 0 aliphatic rings. The second kappa shape index (κ2) is 16.3. The Morgan fingerprint density at radius 1 is 0.879 bits per heavy atom. The first kappa shape index (κ1) is 26.9. The highest BCUT2D eigenvalue weighted by Gasteiger charge is 2.11. The van der Waals surface area contributed by atoms with Gasteiger partial charge in [-0.2, -0.15) is 0 Å². The van der Waals surface area contributed by atoms with E-state index in [0.29, 0.717) is 29.0 Å². The highest BCUT2D eigenvalue weighted by atomic mass is 16.5. The fourth-order valence-corrected chi connectivity index (χ4v) is 3.63. The predicted octanol–water partition coefficient (Wildman–Crippen LogP) is 4.70. The van der Waals surface area contributed by atoms with Crippen molar-refractivity contribution in [2.45, 2.75) is 71.8 Å². The lowest BCUT2D eigenvalue weighted by Gasteiger charge is -2.15. The van der Waals surface area contributed by atoms with Crippen LogP contribution in [0.15, 0.2) is 36.4 Å². The first-order chi connectivity index (χ1) is 16.2. The number of benzene rings is 2. The van der Waals surface area contributed by atoms with Gasteiger partial charge in [0, 0.05) is 36.4 Å². The lowest BCUT2D eigenvalue weighted by molar-refractivity contribution is 0.131. The van der Waals surface area contributed by atoms with Crippen LogP contribution in [0.4, 0.5) is 0 Å². The molecule has 0 saturated heterocycles. The Morgan fingerprint density at radius 3 is 2.15 bits per heavy atom. The maximum Gasteiger partial charge on any atom is 0.130 e. The number of ether oxygens (including phenoxy) is 2. The van der Waals surface area contributed by atoms with Gasteiger partial charge in [0.2, 0.25) is 0 Å². The van der Waals surface area contributed by atoms with Crippen LogP contribution in [0.3, 0.4) is 0 Å². The first-order valence-corrected chi connectivity index (χ1v) is 12.0. The van der Waals surface area contributed by atoms with Crippen LogP contribution in [0, 0.1) is 12.3 Å². The molecule has 0 atom stereocenters. The maximum absolute atomic E-state index is 9.65. The molecule has 0 amide bonds. The van der Waals surface area contributed by atoms with Crippen molar-refractivity contribution in [2.75, 3.05) is 19.8 Å². The molecule has 33 heavy (non-hydrogen) atoms. The number of hydrogen-bond acceptors (Lipinski definition) is 5. The van der Waals surface area contributed by atoms with Gasteiger partial charge in [0.15, 0.2) is 0 Å². The number of aliphatic hydroxyl groups excluding tert-OH is 2. The number of unbranched alkanes of at least 4 members (excludes halogenated alkanes) is 5. The van der Waals surface area contributed by atoms with Gasteiger partial charge >= 0.3 is 0 Å². The van der Waals surface area contributed by atoms with Gasteiger partial charge in [0.05, 0.1) is 19.8 Å². The Bertz CT molecular complexity index is 817. The molecular weight excluding hydrogens is 414 g/mol. The number of terminal acetylenes is 1. The summed E-state index contributed by atoms with van der Waals surface area (Å²) in [5.41, 5.74) is 3.97. The summed E-state index contributed by atoms with van der Waals surface area (Å²) in [5.74, 6) is 3.03. The Kier molecular flexibility index (Phi) is 13.3. The summed E-state index contributed by atoms with van der Waals surface area (Å²) < 4.78 is 11.6. The van der Waals surface area contributed by atoms with E-state index in [1.165, 1.54) is 37.7 Å². The average Bonchev–Trinajstić information content (AvgIpc) is 2.86. The van der Waals surface area contributed by atoms with Crippen LogP contribution < -0.4 is 10.1 Å². The fourth-order valence-electron chi connectivity index (χ4n) is 3.63. The van der Waals surface area contributed by atoms with Crippen molar-refractivity contribution in [3.8, 4) is 18.1 Å². The van der Waals surface area contributed by atoms with Crippen molar-refractivity contribution in [1.29, 1.82) is 0 Å². The van der Waals surface area contributed by atoms with E-state index in [4.69, 9.17) is 15.9 Å². The zero-order valence-electron chi connectivity index (χ0n) is 19.9. The van der Waals surface area contributed by atoms with Gasteiger partial charge in [-0.05, 0) is 29.7 Å². The van der Waals surface area contributed by atoms with Crippen molar-refractivity contribution in [3.05, 3.63) is 64.2 Å². The minimum atomic E-state index is -0.203. The first-order valence-electron chi connectivity index (χ1n) is 12.0. The lowest BCUT2D eigenvalue weighted by Crippen LogP contribution is -2.19. The highest BCUT2D eigenvalue weighted by molar-refractivity contribution is 5.49. The zero-order valence-corrected chi connectivity index (χ0v) is 19.9. The van der Waals surface area contributed by atoms with E-state index in [1.807, 2.05) is 12.1 Å². The molecule has 0 spiro atoms. The zero-order chi connectivity index (χ0) is 23.7. The minimum absolute atomic E-state index is 0.203. The molecule has 0 aromatic heterocycles. The topological polar surface area (TPSA) is 71.0 Å². The van der Waals surface area contributed by atoms with E-state index in [9.17, 15) is 10.2 Å². The predicted molar refractivity (Wildman–Crippen MR) is 133 cm³/mol. The van der Waals surface area contributed by atoms with Crippen LogP contribution in [0.1, 0.15) is 73.3 Å². The van der Waals surface area contributed by atoms with E-state index in [1.54, 1.807) is 12.1 Å². The number of aliphatic hydroxyl groups is 2.